The Labute approximate surface area is 197 Å². The summed E-state index contributed by atoms with van der Waals surface area (Å²) in [5, 5.41) is 15.6. The highest BCUT2D eigenvalue weighted by Crippen LogP contribution is 2.18. The van der Waals surface area contributed by atoms with Crippen molar-refractivity contribution in [3.8, 4) is 17.6 Å². The number of hydrogen-bond donors (Lipinski definition) is 2. The van der Waals surface area contributed by atoms with Gasteiger partial charge in [-0.1, -0.05) is 42.5 Å². The molecule has 0 saturated heterocycles. The van der Waals surface area contributed by atoms with Gasteiger partial charge < -0.3 is 14.8 Å². The van der Waals surface area contributed by atoms with Crippen molar-refractivity contribution < 1.29 is 19.1 Å². The molecule has 8 nitrogen and oxygen atoms in total. The minimum atomic E-state index is -0.485. The van der Waals surface area contributed by atoms with Crippen molar-refractivity contribution in [1.29, 1.82) is 5.26 Å². The van der Waals surface area contributed by atoms with Crippen LogP contribution in [0.5, 0.6) is 11.5 Å². The van der Waals surface area contributed by atoms with Gasteiger partial charge in [-0.05, 0) is 42.8 Å². The Morgan fingerprint density at radius 2 is 1.79 bits per heavy atom. The lowest BCUT2D eigenvalue weighted by molar-refractivity contribution is -0.127. The summed E-state index contributed by atoms with van der Waals surface area (Å²) in [5.74, 6) is 0.231. The highest BCUT2D eigenvalue weighted by molar-refractivity contribution is 5.87. The van der Waals surface area contributed by atoms with E-state index >= 15 is 0 Å². The molecule has 0 aliphatic carbocycles. The molecule has 2 amide bonds. The number of hydrogen-bond acceptors (Lipinski definition) is 6. The minimum absolute atomic E-state index is 0.195. The van der Waals surface area contributed by atoms with Crippen molar-refractivity contribution in [3.63, 3.8) is 0 Å². The second kappa shape index (κ2) is 12.4. The van der Waals surface area contributed by atoms with Crippen molar-refractivity contribution in [2.75, 3.05) is 13.2 Å². The molecular weight excluding hydrogens is 432 g/mol. The third-order valence-corrected chi connectivity index (χ3v) is 4.64. The van der Waals surface area contributed by atoms with E-state index in [2.05, 4.69) is 21.9 Å². The Morgan fingerprint density at radius 1 is 1.00 bits per heavy atom. The Morgan fingerprint density at radius 3 is 2.62 bits per heavy atom. The Hall–Kier alpha value is -4.64. The van der Waals surface area contributed by atoms with Gasteiger partial charge in [-0.25, -0.2) is 5.43 Å². The van der Waals surface area contributed by atoms with E-state index in [4.69, 9.17) is 9.47 Å². The Bertz CT molecular complexity index is 1220. The molecule has 0 bridgehead atoms. The molecule has 3 aromatic rings. The van der Waals surface area contributed by atoms with E-state index in [1.165, 1.54) is 6.21 Å². The fourth-order valence-electron chi connectivity index (χ4n) is 2.93. The van der Waals surface area contributed by atoms with Crippen LogP contribution >= 0.6 is 0 Å². The monoisotopic (exact) mass is 456 g/mol. The second-order valence-corrected chi connectivity index (χ2v) is 7.27. The summed E-state index contributed by atoms with van der Waals surface area (Å²) in [6.07, 6.45) is 1.45. The topological polar surface area (TPSA) is 113 Å². The molecule has 8 heteroatoms. The summed E-state index contributed by atoms with van der Waals surface area (Å²) in [6.45, 7) is 1.71. The maximum Gasteiger partial charge on any atom is 0.259 e. The van der Waals surface area contributed by atoms with Gasteiger partial charge in [0.25, 0.3) is 11.8 Å². The maximum absolute atomic E-state index is 12.0. The molecule has 0 aliphatic heterocycles. The molecule has 0 saturated carbocycles. The number of carbonyl (C=O) groups is 2. The number of aryl methyl sites for hydroxylation is 1. The van der Waals surface area contributed by atoms with Crippen molar-refractivity contribution in [1.82, 2.24) is 10.7 Å². The van der Waals surface area contributed by atoms with Gasteiger partial charge >= 0.3 is 0 Å². The number of nitrogens with zero attached hydrogens (tertiary/aromatic N) is 2. The fraction of sp³-hybridized carbons (Fsp3) is 0.154. The van der Waals surface area contributed by atoms with Gasteiger partial charge in [-0.3, -0.25) is 9.59 Å². The van der Waals surface area contributed by atoms with Gasteiger partial charge in [-0.2, -0.15) is 10.4 Å². The second-order valence-electron chi connectivity index (χ2n) is 7.27. The SMILES string of the molecule is Cc1cccc(OCC(=O)NCC(=O)NN=Cc2ccccc2OCc2ccccc2C#N)c1. The van der Waals surface area contributed by atoms with E-state index < -0.39 is 11.8 Å². The van der Waals surface area contributed by atoms with Crippen LogP contribution in [0.1, 0.15) is 22.3 Å². The third kappa shape index (κ3) is 7.50. The molecule has 0 fully saturated rings. The van der Waals surface area contributed by atoms with Gasteiger partial charge in [0.1, 0.15) is 18.1 Å². The molecule has 0 unspecified atom stereocenters. The first-order valence-electron chi connectivity index (χ1n) is 10.5. The quantitative estimate of drug-likeness (QED) is 0.360. The van der Waals surface area contributed by atoms with Crippen LogP contribution in [0.25, 0.3) is 0 Å². The summed E-state index contributed by atoms with van der Waals surface area (Å²) in [7, 11) is 0. The number of carbonyl (C=O) groups excluding carboxylic acids is 2. The average molecular weight is 457 g/mol. The lowest BCUT2D eigenvalue weighted by atomic mass is 10.1. The van der Waals surface area contributed by atoms with Crippen LogP contribution < -0.4 is 20.2 Å². The Kier molecular flexibility index (Phi) is 8.76. The van der Waals surface area contributed by atoms with Crippen LogP contribution in [0, 0.1) is 18.3 Å². The number of rotatable bonds is 10. The van der Waals surface area contributed by atoms with E-state index in [9.17, 15) is 14.9 Å². The predicted molar refractivity (Wildman–Crippen MR) is 127 cm³/mol. The number of hydrazone groups is 1. The van der Waals surface area contributed by atoms with Crippen LogP contribution in [0.4, 0.5) is 0 Å². The van der Waals surface area contributed by atoms with Crippen molar-refractivity contribution in [2.24, 2.45) is 5.10 Å². The van der Waals surface area contributed by atoms with Crippen LogP contribution in [-0.4, -0.2) is 31.2 Å². The van der Waals surface area contributed by atoms with E-state index in [1.54, 1.807) is 30.3 Å². The normalized spacial score (nSPS) is 10.4. The van der Waals surface area contributed by atoms with E-state index in [1.807, 2.05) is 49.4 Å². The molecule has 0 spiro atoms. The molecule has 3 rings (SSSR count). The lowest BCUT2D eigenvalue weighted by Gasteiger charge is -2.10. The van der Waals surface area contributed by atoms with Gasteiger partial charge in [-0.15, -0.1) is 0 Å². The molecule has 2 N–H and O–H groups in total. The molecule has 172 valence electrons. The summed E-state index contributed by atoms with van der Waals surface area (Å²) < 4.78 is 11.2. The van der Waals surface area contributed by atoms with Gasteiger partial charge in [0.05, 0.1) is 24.4 Å². The zero-order valence-electron chi connectivity index (χ0n) is 18.7. The van der Waals surface area contributed by atoms with E-state index in [-0.39, 0.29) is 19.8 Å². The molecule has 3 aromatic carbocycles. The molecule has 0 atom stereocenters. The fourth-order valence-corrected chi connectivity index (χ4v) is 2.93. The zero-order valence-corrected chi connectivity index (χ0v) is 18.7. The van der Waals surface area contributed by atoms with Crippen molar-refractivity contribution in [2.45, 2.75) is 13.5 Å². The maximum atomic E-state index is 12.0. The Balaban J connectivity index is 1.45. The molecule has 0 radical (unpaired) electrons. The largest absolute Gasteiger partial charge is 0.488 e. The summed E-state index contributed by atoms with van der Waals surface area (Å²) in [4.78, 5) is 23.9. The van der Waals surface area contributed by atoms with E-state index in [0.29, 0.717) is 22.6 Å². The molecule has 0 aromatic heterocycles. The summed E-state index contributed by atoms with van der Waals surface area (Å²) >= 11 is 0. The lowest BCUT2D eigenvalue weighted by Crippen LogP contribution is -2.37. The third-order valence-electron chi connectivity index (χ3n) is 4.64. The van der Waals surface area contributed by atoms with Crippen molar-refractivity contribution >= 4 is 18.0 Å². The highest BCUT2D eigenvalue weighted by atomic mass is 16.5. The van der Waals surface area contributed by atoms with Crippen LogP contribution in [-0.2, 0) is 16.2 Å². The first-order chi connectivity index (χ1) is 16.5. The molecular formula is C26H24N4O4. The number of ether oxygens (including phenoxy) is 2. The first kappa shape index (κ1) is 24.0. The molecule has 0 aliphatic rings. The number of para-hydroxylation sites is 1. The molecule has 34 heavy (non-hydrogen) atoms. The number of amides is 2. The number of nitriles is 1. The van der Waals surface area contributed by atoms with Crippen LogP contribution in [0.15, 0.2) is 77.9 Å². The smallest absolute Gasteiger partial charge is 0.259 e. The van der Waals surface area contributed by atoms with E-state index in [0.717, 1.165) is 11.1 Å². The average Bonchev–Trinajstić information content (AvgIpc) is 2.86. The highest BCUT2D eigenvalue weighted by Gasteiger charge is 2.07. The summed E-state index contributed by atoms with van der Waals surface area (Å²) in [6, 6.07) is 23.9. The standard InChI is InChI=1S/C26H24N4O4/c1-19-7-6-11-23(13-19)33-18-26(32)28-16-25(31)30-29-15-21-9-4-5-12-24(21)34-17-22-10-3-2-8-20(22)14-27/h2-13,15H,16-18H2,1H3,(H,28,32)(H,30,31). The number of nitrogens with one attached hydrogen (secondary N) is 2. The van der Waals surface area contributed by atoms with Gasteiger partial charge in [0.2, 0.25) is 0 Å². The minimum Gasteiger partial charge on any atom is -0.488 e. The first-order valence-corrected chi connectivity index (χ1v) is 10.5. The van der Waals surface area contributed by atoms with Crippen LogP contribution in [0.2, 0.25) is 0 Å². The summed E-state index contributed by atoms with van der Waals surface area (Å²) in [5.41, 5.74) is 5.35. The van der Waals surface area contributed by atoms with Crippen LogP contribution in [0.3, 0.4) is 0 Å². The van der Waals surface area contributed by atoms with Gasteiger partial charge in [0, 0.05) is 11.1 Å². The van der Waals surface area contributed by atoms with Crippen molar-refractivity contribution in [3.05, 3.63) is 95.1 Å². The number of benzene rings is 3. The van der Waals surface area contributed by atoms with Gasteiger partial charge in [0.15, 0.2) is 6.61 Å². The zero-order chi connectivity index (χ0) is 24.2. The molecule has 0 heterocycles. The predicted octanol–water partition coefficient (Wildman–Crippen LogP) is 3.09.